The van der Waals surface area contributed by atoms with E-state index < -0.39 is 0 Å². The molecule has 0 N–H and O–H groups in total. The Morgan fingerprint density at radius 1 is 1.12 bits per heavy atom. The zero-order valence-corrected chi connectivity index (χ0v) is 14.3. The van der Waals surface area contributed by atoms with Crippen molar-refractivity contribution in [1.82, 2.24) is 29.3 Å². The van der Waals surface area contributed by atoms with E-state index >= 15 is 0 Å². The fraction of sp³-hybridized carbons (Fsp3) is 0.263. The van der Waals surface area contributed by atoms with Crippen LogP contribution in [0.5, 0.6) is 0 Å². The Morgan fingerprint density at radius 3 is 2.88 bits per heavy atom. The molecule has 0 saturated carbocycles. The number of fused-ring (bicyclic) bond motifs is 1. The Balaban J connectivity index is 1.54. The summed E-state index contributed by atoms with van der Waals surface area (Å²) in [5, 5.41) is 5.57. The highest BCUT2D eigenvalue weighted by Gasteiger charge is 2.28. The van der Waals surface area contributed by atoms with Crippen LogP contribution in [-0.4, -0.2) is 41.9 Å². The van der Waals surface area contributed by atoms with E-state index in [1.807, 2.05) is 59.9 Å². The first kappa shape index (κ1) is 15.1. The van der Waals surface area contributed by atoms with Crippen molar-refractivity contribution in [2.24, 2.45) is 0 Å². The number of nitrogens with zero attached hydrogens (tertiary/aromatic N) is 7. The molecule has 1 saturated heterocycles. The summed E-state index contributed by atoms with van der Waals surface area (Å²) in [6.07, 6.45) is 11.6. The summed E-state index contributed by atoms with van der Waals surface area (Å²) in [5.74, 6) is 0.972. The molecule has 0 radical (unpaired) electrons. The van der Waals surface area contributed by atoms with Gasteiger partial charge < -0.3 is 9.47 Å². The minimum Gasteiger partial charge on any atom is -0.351 e. The second-order valence-corrected chi connectivity index (χ2v) is 6.58. The number of rotatable bonds is 4. The molecule has 0 amide bonds. The monoisotopic (exact) mass is 345 g/mol. The molecule has 4 heterocycles. The molecule has 4 aromatic rings. The summed E-state index contributed by atoms with van der Waals surface area (Å²) in [4.78, 5) is 15.7. The predicted molar refractivity (Wildman–Crippen MR) is 99.3 cm³/mol. The quantitative estimate of drug-likeness (QED) is 0.569. The molecule has 1 atom stereocenters. The molecule has 5 rings (SSSR count). The lowest BCUT2D eigenvalue weighted by Crippen LogP contribution is -2.33. The van der Waals surface area contributed by atoms with E-state index in [1.54, 1.807) is 6.33 Å². The minimum atomic E-state index is 0.405. The van der Waals surface area contributed by atoms with Crippen molar-refractivity contribution in [2.75, 3.05) is 11.4 Å². The molecule has 0 bridgehead atoms. The highest BCUT2D eigenvalue weighted by molar-refractivity contribution is 5.87. The topological polar surface area (TPSA) is 64.7 Å². The Hall–Kier alpha value is -3.22. The maximum Gasteiger partial charge on any atom is 0.168 e. The van der Waals surface area contributed by atoms with Crippen LogP contribution in [0.1, 0.15) is 12.8 Å². The average Bonchev–Trinajstić information content (AvgIpc) is 3.43. The van der Waals surface area contributed by atoms with Crippen molar-refractivity contribution in [3.8, 4) is 5.69 Å². The van der Waals surface area contributed by atoms with Gasteiger partial charge in [-0.3, -0.25) is 0 Å². The third-order valence-electron chi connectivity index (χ3n) is 4.98. The largest absolute Gasteiger partial charge is 0.351 e. The molecule has 1 fully saturated rings. The Morgan fingerprint density at radius 2 is 2.04 bits per heavy atom. The number of hydrogen-bond acceptors (Lipinski definition) is 5. The molecule has 0 aliphatic carbocycles. The maximum atomic E-state index is 4.61. The first-order valence-corrected chi connectivity index (χ1v) is 8.87. The van der Waals surface area contributed by atoms with Crippen LogP contribution in [0.3, 0.4) is 0 Å². The van der Waals surface area contributed by atoms with Crippen LogP contribution in [0.15, 0.2) is 61.6 Å². The van der Waals surface area contributed by atoms with Crippen molar-refractivity contribution in [2.45, 2.75) is 25.4 Å². The molecule has 1 aliphatic rings. The minimum absolute atomic E-state index is 0.405. The predicted octanol–water partition coefficient (Wildman–Crippen LogP) is 2.68. The Kier molecular flexibility index (Phi) is 3.62. The summed E-state index contributed by atoms with van der Waals surface area (Å²) in [6.45, 7) is 1.92. The van der Waals surface area contributed by atoms with Gasteiger partial charge in [-0.05, 0) is 25.0 Å². The Bertz CT molecular complexity index is 1010. The Labute approximate surface area is 150 Å². The number of hydrogen-bond donors (Lipinski definition) is 0. The lowest BCUT2D eigenvalue weighted by atomic mass is 10.2. The summed E-state index contributed by atoms with van der Waals surface area (Å²) in [6, 6.07) is 10.5. The van der Waals surface area contributed by atoms with Gasteiger partial charge in [0.15, 0.2) is 5.65 Å². The van der Waals surface area contributed by atoms with E-state index in [0.717, 1.165) is 48.5 Å². The van der Waals surface area contributed by atoms with Gasteiger partial charge in [0.05, 0.1) is 23.6 Å². The van der Waals surface area contributed by atoms with Gasteiger partial charge in [0.1, 0.15) is 12.1 Å². The standard InChI is InChI=1S/C19H19N7/c1-2-5-15(6-3-1)26-19-17(11-23-26)18(21-13-22-19)25-9-4-7-16(25)12-24-10-8-20-14-24/h1-3,5-6,8,10-11,13-14,16H,4,7,9,12H2. The normalized spacial score (nSPS) is 17.2. The zero-order valence-electron chi connectivity index (χ0n) is 14.3. The summed E-state index contributed by atoms with van der Waals surface area (Å²) in [7, 11) is 0. The molecule has 1 aromatic carbocycles. The molecule has 7 heteroatoms. The van der Waals surface area contributed by atoms with E-state index in [9.17, 15) is 0 Å². The van der Waals surface area contributed by atoms with E-state index in [-0.39, 0.29) is 0 Å². The lowest BCUT2D eigenvalue weighted by Gasteiger charge is -2.26. The lowest BCUT2D eigenvalue weighted by molar-refractivity contribution is 0.548. The molecule has 1 aliphatic heterocycles. The number of imidazole rings is 1. The molecular weight excluding hydrogens is 326 g/mol. The van der Waals surface area contributed by atoms with Gasteiger partial charge >= 0.3 is 0 Å². The second-order valence-electron chi connectivity index (χ2n) is 6.58. The van der Waals surface area contributed by atoms with Gasteiger partial charge in [0.25, 0.3) is 0 Å². The van der Waals surface area contributed by atoms with Crippen molar-refractivity contribution in [3.05, 3.63) is 61.6 Å². The van der Waals surface area contributed by atoms with E-state index in [2.05, 4.69) is 29.5 Å². The van der Waals surface area contributed by atoms with Crippen LogP contribution >= 0.6 is 0 Å². The molecule has 3 aromatic heterocycles. The fourth-order valence-corrected chi connectivity index (χ4v) is 3.76. The van der Waals surface area contributed by atoms with Crippen LogP contribution in [-0.2, 0) is 6.54 Å². The number of aromatic nitrogens is 6. The first-order valence-electron chi connectivity index (χ1n) is 8.87. The molecule has 0 spiro atoms. The number of benzene rings is 1. The van der Waals surface area contributed by atoms with Gasteiger partial charge in [-0.2, -0.15) is 5.10 Å². The van der Waals surface area contributed by atoms with Crippen LogP contribution in [0.25, 0.3) is 16.7 Å². The molecule has 7 nitrogen and oxygen atoms in total. The van der Waals surface area contributed by atoms with Crippen LogP contribution < -0.4 is 4.90 Å². The van der Waals surface area contributed by atoms with Gasteiger partial charge in [-0.25, -0.2) is 19.6 Å². The summed E-state index contributed by atoms with van der Waals surface area (Å²) in [5.41, 5.74) is 1.85. The van der Waals surface area contributed by atoms with E-state index in [1.165, 1.54) is 0 Å². The van der Waals surface area contributed by atoms with Gasteiger partial charge in [0, 0.05) is 31.5 Å². The summed E-state index contributed by atoms with van der Waals surface area (Å²) < 4.78 is 4.01. The van der Waals surface area contributed by atoms with Crippen LogP contribution in [0.4, 0.5) is 5.82 Å². The smallest absolute Gasteiger partial charge is 0.168 e. The van der Waals surface area contributed by atoms with Crippen LogP contribution in [0, 0.1) is 0 Å². The fourth-order valence-electron chi connectivity index (χ4n) is 3.76. The van der Waals surface area contributed by atoms with Gasteiger partial charge in [0.2, 0.25) is 0 Å². The third-order valence-corrected chi connectivity index (χ3v) is 4.98. The summed E-state index contributed by atoms with van der Waals surface area (Å²) >= 11 is 0. The van der Waals surface area contributed by atoms with Crippen molar-refractivity contribution in [3.63, 3.8) is 0 Å². The third kappa shape index (κ3) is 2.52. The molecular formula is C19H19N7. The maximum absolute atomic E-state index is 4.61. The highest BCUT2D eigenvalue weighted by Crippen LogP contribution is 2.30. The van der Waals surface area contributed by atoms with Crippen molar-refractivity contribution < 1.29 is 0 Å². The van der Waals surface area contributed by atoms with Crippen LogP contribution in [0.2, 0.25) is 0 Å². The molecule has 1 unspecified atom stereocenters. The number of para-hydroxylation sites is 1. The van der Waals surface area contributed by atoms with Gasteiger partial charge in [-0.1, -0.05) is 18.2 Å². The van der Waals surface area contributed by atoms with E-state index in [4.69, 9.17) is 0 Å². The average molecular weight is 345 g/mol. The van der Waals surface area contributed by atoms with Gasteiger partial charge in [-0.15, -0.1) is 0 Å². The number of anilines is 1. The van der Waals surface area contributed by atoms with Crippen molar-refractivity contribution in [1.29, 1.82) is 0 Å². The van der Waals surface area contributed by atoms with Crippen molar-refractivity contribution >= 4 is 16.9 Å². The highest BCUT2D eigenvalue weighted by atomic mass is 15.3. The SMILES string of the molecule is c1ccc(-n2ncc3c(N4CCCC4Cn4ccnc4)ncnc32)cc1. The first-order chi connectivity index (χ1) is 12.9. The zero-order chi connectivity index (χ0) is 17.3. The van der Waals surface area contributed by atoms with E-state index in [0.29, 0.717) is 6.04 Å². The molecule has 130 valence electrons. The second kappa shape index (κ2) is 6.25. The molecule has 26 heavy (non-hydrogen) atoms.